The van der Waals surface area contributed by atoms with E-state index in [9.17, 15) is 14.4 Å². The molecular formula is C21H20N4O4S. The third kappa shape index (κ3) is 5.54. The van der Waals surface area contributed by atoms with Crippen molar-refractivity contribution in [3.05, 3.63) is 76.5 Å². The van der Waals surface area contributed by atoms with E-state index in [2.05, 4.69) is 15.3 Å². The zero-order valence-electron chi connectivity index (χ0n) is 16.5. The molecule has 0 saturated heterocycles. The predicted octanol–water partition coefficient (Wildman–Crippen LogP) is 2.78. The van der Waals surface area contributed by atoms with Crippen molar-refractivity contribution in [1.29, 1.82) is 0 Å². The zero-order chi connectivity index (χ0) is 21.5. The van der Waals surface area contributed by atoms with Crippen LogP contribution < -0.4 is 15.5 Å². The fourth-order valence-corrected chi connectivity index (χ4v) is 3.46. The van der Waals surface area contributed by atoms with Crippen LogP contribution in [0, 0.1) is 0 Å². The number of carbonyl (C=O) groups excluding carboxylic acids is 2. The van der Waals surface area contributed by atoms with E-state index in [4.69, 9.17) is 4.74 Å². The minimum absolute atomic E-state index is 0.0172. The van der Waals surface area contributed by atoms with Crippen molar-refractivity contribution in [3.63, 3.8) is 0 Å². The second kappa shape index (κ2) is 9.84. The summed E-state index contributed by atoms with van der Waals surface area (Å²) in [5.74, 6) is 0.235. The van der Waals surface area contributed by atoms with Crippen LogP contribution in [-0.4, -0.2) is 33.3 Å². The highest BCUT2D eigenvalue weighted by Gasteiger charge is 2.12. The van der Waals surface area contributed by atoms with Crippen molar-refractivity contribution < 1.29 is 14.3 Å². The van der Waals surface area contributed by atoms with Gasteiger partial charge in [0.15, 0.2) is 16.7 Å². The Morgan fingerprint density at radius 2 is 1.87 bits per heavy atom. The highest BCUT2D eigenvalue weighted by Crippen LogP contribution is 2.19. The summed E-state index contributed by atoms with van der Waals surface area (Å²) >= 11 is 1.36. The molecule has 0 spiro atoms. The average molecular weight is 424 g/mol. The first-order valence-corrected chi connectivity index (χ1v) is 10.0. The standard InChI is InChI=1S/C21H20N4O4S/c1-14(26)15-4-6-16(7-5-15)24-20(28)12-25-11-19(29-2)18(27)10-17(25)13-30-21-22-8-3-9-23-21/h3-11H,12-13H2,1-2H3,(H,24,28). The molecular weight excluding hydrogens is 404 g/mol. The van der Waals surface area contributed by atoms with E-state index in [-0.39, 0.29) is 29.4 Å². The Hall–Kier alpha value is -3.46. The lowest BCUT2D eigenvalue weighted by molar-refractivity contribution is -0.116. The van der Waals surface area contributed by atoms with Gasteiger partial charge in [-0.05, 0) is 37.3 Å². The van der Waals surface area contributed by atoms with Crippen LogP contribution in [0.2, 0.25) is 0 Å². The van der Waals surface area contributed by atoms with E-state index >= 15 is 0 Å². The molecule has 0 radical (unpaired) electrons. The highest BCUT2D eigenvalue weighted by molar-refractivity contribution is 7.98. The van der Waals surface area contributed by atoms with Gasteiger partial charge in [-0.3, -0.25) is 14.4 Å². The molecule has 0 aliphatic carbocycles. The number of benzene rings is 1. The summed E-state index contributed by atoms with van der Waals surface area (Å²) in [4.78, 5) is 44.4. The second-order valence-corrected chi connectivity index (χ2v) is 7.27. The van der Waals surface area contributed by atoms with Gasteiger partial charge in [0.2, 0.25) is 11.3 Å². The Morgan fingerprint density at radius 3 is 2.50 bits per heavy atom. The van der Waals surface area contributed by atoms with Crippen LogP contribution in [0.15, 0.2) is 64.9 Å². The van der Waals surface area contributed by atoms with E-state index < -0.39 is 0 Å². The normalized spacial score (nSPS) is 10.5. The summed E-state index contributed by atoms with van der Waals surface area (Å²) in [5, 5.41) is 3.36. The maximum Gasteiger partial charge on any atom is 0.244 e. The first-order chi connectivity index (χ1) is 14.5. The molecule has 8 nitrogen and oxygen atoms in total. The van der Waals surface area contributed by atoms with Gasteiger partial charge in [0, 0.05) is 41.2 Å². The lowest BCUT2D eigenvalue weighted by atomic mass is 10.1. The lowest BCUT2D eigenvalue weighted by Crippen LogP contribution is -2.22. The average Bonchev–Trinajstić information content (AvgIpc) is 2.74. The van der Waals surface area contributed by atoms with Crippen LogP contribution >= 0.6 is 11.8 Å². The number of rotatable bonds is 8. The molecule has 1 aromatic carbocycles. The van der Waals surface area contributed by atoms with Crippen molar-refractivity contribution in [1.82, 2.24) is 14.5 Å². The number of anilines is 1. The number of nitrogens with zero attached hydrogens (tertiary/aromatic N) is 3. The van der Waals surface area contributed by atoms with Gasteiger partial charge in [0.25, 0.3) is 0 Å². The van der Waals surface area contributed by atoms with Crippen molar-refractivity contribution in [3.8, 4) is 5.75 Å². The first-order valence-electron chi connectivity index (χ1n) is 9.04. The van der Waals surface area contributed by atoms with Gasteiger partial charge >= 0.3 is 0 Å². The molecule has 1 N–H and O–H groups in total. The monoisotopic (exact) mass is 424 g/mol. The first kappa shape index (κ1) is 21.3. The number of methoxy groups -OCH3 is 1. The van der Waals surface area contributed by atoms with Crippen LogP contribution in [0.1, 0.15) is 23.0 Å². The molecule has 2 aromatic heterocycles. The van der Waals surface area contributed by atoms with Crippen LogP contribution in [-0.2, 0) is 17.1 Å². The molecule has 1 amide bonds. The number of ether oxygens (including phenoxy) is 1. The van der Waals surface area contributed by atoms with Gasteiger partial charge in [-0.2, -0.15) is 0 Å². The number of amides is 1. The van der Waals surface area contributed by atoms with Crippen LogP contribution in [0.3, 0.4) is 0 Å². The Bertz CT molecular complexity index is 1100. The molecule has 0 fully saturated rings. The molecule has 0 saturated carbocycles. The number of carbonyl (C=O) groups is 2. The molecule has 3 rings (SSSR count). The number of hydrogen-bond acceptors (Lipinski definition) is 7. The van der Waals surface area contributed by atoms with Crippen LogP contribution in [0.4, 0.5) is 5.69 Å². The van der Waals surface area contributed by atoms with E-state index in [1.165, 1.54) is 38.1 Å². The fourth-order valence-electron chi connectivity index (χ4n) is 2.66. The van der Waals surface area contributed by atoms with E-state index in [1.54, 1.807) is 47.3 Å². The molecule has 30 heavy (non-hydrogen) atoms. The molecule has 0 aliphatic rings. The maximum atomic E-state index is 12.6. The van der Waals surface area contributed by atoms with Gasteiger partial charge in [-0.15, -0.1) is 0 Å². The molecule has 9 heteroatoms. The van der Waals surface area contributed by atoms with Crippen molar-refractivity contribution in [2.24, 2.45) is 0 Å². The largest absolute Gasteiger partial charge is 0.491 e. The minimum atomic E-state index is -0.279. The molecule has 0 aliphatic heterocycles. The number of thioether (sulfide) groups is 1. The zero-order valence-corrected chi connectivity index (χ0v) is 17.3. The van der Waals surface area contributed by atoms with Crippen molar-refractivity contribution in [2.45, 2.75) is 24.4 Å². The van der Waals surface area contributed by atoms with Gasteiger partial charge in [-0.25, -0.2) is 9.97 Å². The van der Waals surface area contributed by atoms with Gasteiger partial charge < -0.3 is 14.6 Å². The molecule has 0 bridgehead atoms. The van der Waals surface area contributed by atoms with E-state index in [0.717, 1.165) is 0 Å². The third-order valence-corrected chi connectivity index (χ3v) is 5.09. The third-order valence-electron chi connectivity index (χ3n) is 4.18. The summed E-state index contributed by atoms with van der Waals surface area (Å²) in [6, 6.07) is 9.82. The second-order valence-electron chi connectivity index (χ2n) is 6.33. The predicted molar refractivity (Wildman–Crippen MR) is 114 cm³/mol. The fraction of sp³-hybridized carbons (Fsp3) is 0.190. The Balaban J connectivity index is 1.76. The quantitative estimate of drug-likeness (QED) is 0.337. The van der Waals surface area contributed by atoms with Crippen LogP contribution in [0.25, 0.3) is 0 Å². The maximum absolute atomic E-state index is 12.6. The summed E-state index contributed by atoms with van der Waals surface area (Å²) in [7, 11) is 1.41. The van der Waals surface area contributed by atoms with Crippen molar-refractivity contribution in [2.75, 3.05) is 12.4 Å². The lowest BCUT2D eigenvalue weighted by Gasteiger charge is -2.14. The molecule has 2 heterocycles. The Kier molecular flexibility index (Phi) is 6.97. The summed E-state index contributed by atoms with van der Waals surface area (Å²) in [6.07, 6.45) is 4.80. The summed E-state index contributed by atoms with van der Waals surface area (Å²) in [5.41, 5.74) is 1.52. The van der Waals surface area contributed by atoms with Gasteiger partial charge in [0.1, 0.15) is 6.54 Å². The molecule has 0 atom stereocenters. The number of hydrogen-bond donors (Lipinski definition) is 1. The Labute approximate surface area is 177 Å². The number of pyridine rings is 1. The summed E-state index contributed by atoms with van der Waals surface area (Å²) in [6.45, 7) is 1.47. The smallest absolute Gasteiger partial charge is 0.244 e. The number of Topliss-reactive ketones (excluding diaryl/α,β-unsaturated/α-hetero) is 1. The van der Waals surface area contributed by atoms with E-state index in [1.807, 2.05) is 0 Å². The number of ketones is 1. The number of nitrogens with one attached hydrogen (secondary N) is 1. The minimum Gasteiger partial charge on any atom is -0.491 e. The topological polar surface area (TPSA) is 103 Å². The molecule has 3 aromatic rings. The van der Waals surface area contributed by atoms with Crippen molar-refractivity contribution >= 4 is 29.1 Å². The van der Waals surface area contributed by atoms with E-state index in [0.29, 0.717) is 27.9 Å². The van der Waals surface area contributed by atoms with Gasteiger partial charge in [-0.1, -0.05) is 11.8 Å². The van der Waals surface area contributed by atoms with Crippen LogP contribution in [0.5, 0.6) is 5.75 Å². The highest BCUT2D eigenvalue weighted by atomic mass is 32.2. The summed E-state index contributed by atoms with van der Waals surface area (Å²) < 4.78 is 6.77. The SMILES string of the molecule is COc1cn(CC(=O)Nc2ccc(C(C)=O)cc2)c(CSc2ncccn2)cc1=O. The molecule has 0 unspecified atom stereocenters. The molecule has 154 valence electrons. The Morgan fingerprint density at radius 1 is 1.17 bits per heavy atom. The van der Waals surface area contributed by atoms with Gasteiger partial charge in [0.05, 0.1) is 13.3 Å². The number of aromatic nitrogens is 3.